The summed E-state index contributed by atoms with van der Waals surface area (Å²) >= 11 is 0. The molecule has 59 heavy (non-hydrogen) atoms. The molecule has 0 heterocycles. The van der Waals surface area contributed by atoms with Crippen molar-refractivity contribution in [1.82, 2.24) is 5.32 Å². The molecular weight excluding hydrogens is 731 g/mol. The Morgan fingerprint density at radius 2 is 1.02 bits per heavy atom. The number of aliphatic hydroxyl groups is 2. The monoisotopic (exact) mass is 820 g/mol. The highest BCUT2D eigenvalue weighted by molar-refractivity contribution is 5.77. The normalized spacial score (nSPS) is 14.2. The second-order valence-corrected chi connectivity index (χ2v) is 15.8. The molecule has 3 unspecified atom stereocenters. The number of unbranched alkanes of at least 4 members (excludes halogenated alkanes) is 16. The number of aliphatic hydroxyl groups excluding tert-OH is 2. The predicted molar refractivity (Wildman–Crippen MR) is 254 cm³/mol. The lowest BCUT2D eigenvalue weighted by Gasteiger charge is -2.24. The fraction of sp³-hybridized carbons (Fsp3) is 0.660. The highest BCUT2D eigenvalue weighted by Gasteiger charge is 2.23. The number of amides is 1. The molecular formula is C53H89NO5. The van der Waals surface area contributed by atoms with E-state index in [0.717, 1.165) is 83.5 Å². The van der Waals surface area contributed by atoms with Gasteiger partial charge in [0, 0.05) is 12.8 Å². The number of ether oxygens (including phenoxy) is 1. The molecule has 6 nitrogen and oxygen atoms in total. The Morgan fingerprint density at radius 3 is 1.56 bits per heavy atom. The number of rotatable bonds is 41. The minimum Gasteiger partial charge on any atom is -0.461 e. The summed E-state index contributed by atoms with van der Waals surface area (Å²) in [5, 5.41) is 23.6. The second kappa shape index (κ2) is 45.9. The minimum atomic E-state index is -0.817. The minimum absolute atomic E-state index is 0.0110. The molecule has 0 bridgehead atoms. The molecule has 0 radical (unpaired) electrons. The van der Waals surface area contributed by atoms with Crippen molar-refractivity contribution in [3.63, 3.8) is 0 Å². The number of carbonyl (C=O) groups is 2. The van der Waals surface area contributed by atoms with Crippen LogP contribution < -0.4 is 5.32 Å². The van der Waals surface area contributed by atoms with Crippen molar-refractivity contribution in [2.75, 3.05) is 6.61 Å². The third-order valence-electron chi connectivity index (χ3n) is 10.2. The van der Waals surface area contributed by atoms with Gasteiger partial charge in [0.1, 0.15) is 6.10 Å². The van der Waals surface area contributed by atoms with Crippen LogP contribution in [0.15, 0.2) is 97.2 Å². The van der Waals surface area contributed by atoms with Crippen molar-refractivity contribution < 1.29 is 24.5 Å². The fourth-order valence-electron chi connectivity index (χ4n) is 6.63. The maximum atomic E-state index is 13.1. The molecule has 0 aliphatic heterocycles. The van der Waals surface area contributed by atoms with Gasteiger partial charge < -0.3 is 20.3 Å². The quantitative estimate of drug-likeness (QED) is 0.0247. The maximum absolute atomic E-state index is 13.1. The van der Waals surface area contributed by atoms with Gasteiger partial charge in [0.2, 0.25) is 5.91 Å². The summed E-state index contributed by atoms with van der Waals surface area (Å²) < 4.78 is 5.85. The van der Waals surface area contributed by atoms with E-state index >= 15 is 0 Å². The Morgan fingerprint density at radius 1 is 0.542 bits per heavy atom. The molecule has 0 spiro atoms. The maximum Gasteiger partial charge on any atom is 0.306 e. The van der Waals surface area contributed by atoms with E-state index < -0.39 is 18.2 Å². The van der Waals surface area contributed by atoms with Crippen LogP contribution in [0, 0.1) is 0 Å². The Kier molecular flexibility index (Phi) is 43.4. The molecule has 336 valence electrons. The summed E-state index contributed by atoms with van der Waals surface area (Å²) in [6.45, 7) is 6.18. The van der Waals surface area contributed by atoms with Crippen molar-refractivity contribution in [3.8, 4) is 0 Å². The number of allylic oxidation sites excluding steroid dienone is 15. The Balaban J connectivity index is 4.78. The second-order valence-electron chi connectivity index (χ2n) is 15.8. The van der Waals surface area contributed by atoms with E-state index in [1.54, 1.807) is 0 Å². The molecule has 0 rings (SSSR count). The molecule has 0 saturated heterocycles. The molecule has 3 N–H and O–H groups in total. The zero-order valence-corrected chi connectivity index (χ0v) is 38.1. The third kappa shape index (κ3) is 41.3. The van der Waals surface area contributed by atoms with E-state index in [0.29, 0.717) is 19.3 Å². The summed E-state index contributed by atoms with van der Waals surface area (Å²) in [6, 6.07) is -0.738. The van der Waals surface area contributed by atoms with Gasteiger partial charge in [-0.25, -0.2) is 0 Å². The van der Waals surface area contributed by atoms with Gasteiger partial charge in [-0.2, -0.15) is 0 Å². The first-order valence-corrected chi connectivity index (χ1v) is 24.0. The zero-order chi connectivity index (χ0) is 43.1. The van der Waals surface area contributed by atoms with Gasteiger partial charge >= 0.3 is 5.97 Å². The van der Waals surface area contributed by atoms with Crippen LogP contribution in [0.1, 0.15) is 201 Å². The summed E-state index contributed by atoms with van der Waals surface area (Å²) in [5.41, 5.74) is 0. The van der Waals surface area contributed by atoms with Gasteiger partial charge in [-0.1, -0.05) is 214 Å². The molecule has 0 fully saturated rings. The number of carbonyl (C=O) groups excluding carboxylic acids is 2. The van der Waals surface area contributed by atoms with Gasteiger partial charge in [-0.3, -0.25) is 9.59 Å². The van der Waals surface area contributed by atoms with E-state index in [1.165, 1.54) is 70.6 Å². The van der Waals surface area contributed by atoms with Crippen LogP contribution in [0.25, 0.3) is 0 Å². The van der Waals surface area contributed by atoms with Crippen molar-refractivity contribution in [1.29, 1.82) is 0 Å². The van der Waals surface area contributed by atoms with Crippen LogP contribution >= 0.6 is 0 Å². The first kappa shape index (κ1) is 55.8. The lowest BCUT2D eigenvalue weighted by molar-refractivity contribution is -0.150. The average molecular weight is 820 g/mol. The SMILES string of the molecule is CC/C=C\C/C=C\C/C=C\C/C=C\C/C=C\CC(CC(=O)NC(CO)C(O)CCCCCCCCCCCC)OC(=O)CCCCCCCCC/C=C/C=C/C=C/CC. The molecule has 0 aromatic carbocycles. The number of hydrogen-bond acceptors (Lipinski definition) is 5. The first-order chi connectivity index (χ1) is 29.0. The van der Waals surface area contributed by atoms with Gasteiger partial charge in [0.05, 0.1) is 25.2 Å². The van der Waals surface area contributed by atoms with E-state index in [2.05, 4.69) is 111 Å². The van der Waals surface area contributed by atoms with E-state index in [1.807, 2.05) is 12.2 Å². The van der Waals surface area contributed by atoms with E-state index in [-0.39, 0.29) is 24.9 Å². The number of nitrogens with one attached hydrogen (secondary N) is 1. The topological polar surface area (TPSA) is 95.9 Å². The standard InChI is InChI=1S/C53H89NO5/c1-4-7-10-13-16-19-22-24-26-28-30-32-35-38-41-44-49(59-53(58)46-43-40-37-34-31-29-27-25-23-20-17-14-11-8-5-2)47-52(57)54-50(48-55)51(56)45-42-39-36-33-21-18-15-12-9-6-3/h7-8,10-11,14,16-17,19-20,23-24,26,30,32,38,41,49-51,55-56H,4-6,9,12-13,15,18,21-22,25,27-29,31,33-37,39-40,42-48H2,1-3H3,(H,54,57)/b10-7-,11-8+,17-14+,19-16-,23-20+,26-24-,32-30-,41-38-. The molecule has 0 aromatic rings. The van der Waals surface area contributed by atoms with E-state index in [4.69, 9.17) is 4.74 Å². The lowest BCUT2D eigenvalue weighted by atomic mass is 10.0. The summed E-state index contributed by atoms with van der Waals surface area (Å²) in [6.07, 6.45) is 60.5. The largest absolute Gasteiger partial charge is 0.461 e. The highest BCUT2D eigenvalue weighted by Crippen LogP contribution is 2.15. The average Bonchev–Trinajstić information content (AvgIpc) is 3.23. The summed E-state index contributed by atoms with van der Waals surface area (Å²) in [4.78, 5) is 26.0. The van der Waals surface area contributed by atoms with Gasteiger partial charge in [-0.05, 0) is 64.2 Å². The molecule has 0 aliphatic rings. The number of esters is 1. The van der Waals surface area contributed by atoms with Crippen LogP contribution in [0.4, 0.5) is 0 Å². The molecule has 0 aromatic heterocycles. The fourth-order valence-corrected chi connectivity index (χ4v) is 6.63. The van der Waals surface area contributed by atoms with Crippen LogP contribution in [0.5, 0.6) is 0 Å². The van der Waals surface area contributed by atoms with Gasteiger partial charge in [0.25, 0.3) is 0 Å². The highest BCUT2D eigenvalue weighted by atomic mass is 16.5. The molecule has 1 amide bonds. The predicted octanol–water partition coefficient (Wildman–Crippen LogP) is 14.2. The van der Waals surface area contributed by atoms with Crippen LogP contribution in [-0.2, 0) is 14.3 Å². The zero-order valence-electron chi connectivity index (χ0n) is 38.1. The Bertz CT molecular complexity index is 1190. The molecule has 0 aliphatic carbocycles. The van der Waals surface area contributed by atoms with Gasteiger partial charge in [-0.15, -0.1) is 0 Å². The van der Waals surface area contributed by atoms with Crippen LogP contribution in [-0.4, -0.2) is 46.9 Å². The van der Waals surface area contributed by atoms with E-state index in [9.17, 15) is 19.8 Å². The van der Waals surface area contributed by atoms with Crippen molar-refractivity contribution in [3.05, 3.63) is 97.2 Å². The van der Waals surface area contributed by atoms with Crippen molar-refractivity contribution in [2.45, 2.75) is 219 Å². The third-order valence-corrected chi connectivity index (χ3v) is 10.2. The summed E-state index contributed by atoms with van der Waals surface area (Å²) in [7, 11) is 0. The molecule has 6 heteroatoms. The molecule has 0 saturated carbocycles. The van der Waals surface area contributed by atoms with Crippen molar-refractivity contribution in [2.24, 2.45) is 0 Å². The Labute approximate surface area is 363 Å². The van der Waals surface area contributed by atoms with Gasteiger partial charge in [0.15, 0.2) is 0 Å². The smallest absolute Gasteiger partial charge is 0.306 e. The summed E-state index contributed by atoms with van der Waals surface area (Å²) in [5.74, 6) is -0.603. The van der Waals surface area contributed by atoms with Crippen LogP contribution in [0.3, 0.4) is 0 Å². The molecule has 3 atom stereocenters. The van der Waals surface area contributed by atoms with Crippen LogP contribution in [0.2, 0.25) is 0 Å². The number of hydrogen-bond donors (Lipinski definition) is 3. The Hall–Kier alpha value is -3.22. The van der Waals surface area contributed by atoms with Crippen molar-refractivity contribution >= 4 is 11.9 Å². The first-order valence-electron chi connectivity index (χ1n) is 24.0. The lowest BCUT2D eigenvalue weighted by Crippen LogP contribution is -2.46.